The monoisotopic (exact) mass is 468 g/mol. The molecule has 0 unspecified atom stereocenters. The Hall–Kier alpha value is -4.16. The number of anilines is 2. The fourth-order valence-electron chi connectivity index (χ4n) is 2.80. The normalized spacial score (nSPS) is 11.8. The van der Waals surface area contributed by atoms with Crippen molar-refractivity contribution in [3.63, 3.8) is 0 Å². The van der Waals surface area contributed by atoms with Crippen LogP contribution >= 0.6 is 0 Å². The minimum Gasteiger partial charge on any atom is -0.465 e. The van der Waals surface area contributed by atoms with Crippen LogP contribution in [0.4, 0.5) is 34.1 Å². The molecule has 0 aliphatic rings. The first kappa shape index (κ1) is 23.5. The second kappa shape index (κ2) is 9.54. The van der Waals surface area contributed by atoms with E-state index in [0.717, 1.165) is 11.6 Å². The molecule has 0 saturated carbocycles. The third-order valence-corrected chi connectivity index (χ3v) is 5.44. The fourth-order valence-corrected chi connectivity index (χ4v) is 3.43. The van der Waals surface area contributed by atoms with Gasteiger partial charge in [0.2, 0.25) is 0 Å². The number of aryl methyl sites for hydroxylation is 1. The number of esters is 1. The number of benzene rings is 3. The smallest absolute Gasteiger partial charge is 0.340 e. The Morgan fingerprint density at radius 3 is 2.09 bits per heavy atom. The van der Waals surface area contributed by atoms with Crippen molar-refractivity contribution in [1.29, 1.82) is 0 Å². The van der Waals surface area contributed by atoms with E-state index in [4.69, 9.17) is 16.2 Å². The maximum absolute atomic E-state index is 11.9. The summed E-state index contributed by atoms with van der Waals surface area (Å²) in [5.41, 5.74) is 12.8. The highest BCUT2D eigenvalue weighted by molar-refractivity contribution is 7.86. The molecule has 0 amide bonds. The zero-order valence-electron chi connectivity index (χ0n) is 17.6. The molecule has 3 rings (SSSR count). The lowest BCUT2D eigenvalue weighted by Gasteiger charge is -2.10. The van der Waals surface area contributed by atoms with E-state index in [-0.39, 0.29) is 28.3 Å². The Labute approximate surface area is 189 Å². The van der Waals surface area contributed by atoms with Crippen molar-refractivity contribution in [2.24, 2.45) is 20.5 Å². The summed E-state index contributed by atoms with van der Waals surface area (Å²) < 4.78 is 38.1. The molecule has 0 spiro atoms. The van der Waals surface area contributed by atoms with Crippen LogP contribution in [-0.2, 0) is 14.9 Å². The Morgan fingerprint density at radius 1 is 0.879 bits per heavy atom. The lowest BCUT2D eigenvalue weighted by atomic mass is 10.2. The van der Waals surface area contributed by atoms with Crippen LogP contribution in [0.15, 0.2) is 79.9 Å². The van der Waals surface area contributed by atoms with E-state index in [9.17, 15) is 17.8 Å². The highest BCUT2D eigenvalue weighted by Crippen LogP contribution is 2.43. The first-order chi connectivity index (χ1) is 15.6. The second-order valence-electron chi connectivity index (χ2n) is 6.74. The lowest BCUT2D eigenvalue weighted by Crippen LogP contribution is -2.05. The van der Waals surface area contributed by atoms with Crippen LogP contribution in [-0.4, -0.2) is 26.0 Å². The van der Waals surface area contributed by atoms with E-state index in [2.05, 4.69) is 20.5 Å². The molecule has 170 valence electrons. The Balaban J connectivity index is 2.16. The molecule has 0 heterocycles. The molecular weight excluding hydrogens is 448 g/mol. The molecule has 5 N–H and O–H groups in total. The minimum atomic E-state index is -4.75. The van der Waals surface area contributed by atoms with Crippen molar-refractivity contribution in [1.82, 2.24) is 0 Å². The van der Waals surface area contributed by atoms with Crippen LogP contribution < -0.4 is 11.5 Å². The molecule has 0 atom stereocenters. The van der Waals surface area contributed by atoms with E-state index in [0.29, 0.717) is 5.69 Å². The van der Waals surface area contributed by atoms with Gasteiger partial charge in [-0.15, -0.1) is 15.3 Å². The molecule has 0 fully saturated rings. The summed E-state index contributed by atoms with van der Waals surface area (Å²) >= 11 is 0. The second-order valence-corrected chi connectivity index (χ2v) is 8.13. The summed E-state index contributed by atoms with van der Waals surface area (Å²) in [7, 11) is -3.53. The summed E-state index contributed by atoms with van der Waals surface area (Å²) in [6, 6.07) is 14.3. The van der Waals surface area contributed by atoms with Gasteiger partial charge in [-0.25, -0.2) is 4.79 Å². The van der Waals surface area contributed by atoms with E-state index >= 15 is 0 Å². The highest BCUT2D eigenvalue weighted by atomic mass is 32.2. The molecule has 12 heteroatoms. The number of rotatable bonds is 6. The predicted molar refractivity (Wildman–Crippen MR) is 122 cm³/mol. The zero-order valence-corrected chi connectivity index (χ0v) is 18.4. The third-order valence-electron chi connectivity index (χ3n) is 4.55. The van der Waals surface area contributed by atoms with Gasteiger partial charge < -0.3 is 16.2 Å². The molecule has 0 aromatic heterocycles. The van der Waals surface area contributed by atoms with E-state index < -0.39 is 26.7 Å². The van der Waals surface area contributed by atoms with Crippen LogP contribution in [0, 0.1) is 6.92 Å². The third kappa shape index (κ3) is 5.19. The lowest BCUT2D eigenvalue weighted by molar-refractivity contribution is 0.0601. The van der Waals surface area contributed by atoms with Gasteiger partial charge in [0.1, 0.15) is 22.0 Å². The van der Waals surface area contributed by atoms with Gasteiger partial charge >= 0.3 is 5.97 Å². The van der Waals surface area contributed by atoms with Gasteiger partial charge in [-0.2, -0.15) is 13.5 Å². The van der Waals surface area contributed by atoms with Crippen LogP contribution in [0.25, 0.3) is 0 Å². The van der Waals surface area contributed by atoms with Gasteiger partial charge in [0.25, 0.3) is 10.1 Å². The van der Waals surface area contributed by atoms with Gasteiger partial charge in [-0.1, -0.05) is 30.3 Å². The van der Waals surface area contributed by atoms with Crippen LogP contribution in [0.5, 0.6) is 0 Å². The fraction of sp³-hybridized carbons (Fsp3) is 0.0952. The van der Waals surface area contributed by atoms with Gasteiger partial charge in [-0.3, -0.25) is 4.55 Å². The SMILES string of the molecule is COC(=O)c1ccccc1N=Nc1cc(S(=O)(=O)O)c(N)c(N=Nc2ccccc2C)c1N. The summed E-state index contributed by atoms with van der Waals surface area (Å²) in [5, 5.41) is 16.0. The first-order valence-electron chi connectivity index (χ1n) is 9.39. The maximum Gasteiger partial charge on any atom is 0.340 e. The van der Waals surface area contributed by atoms with Gasteiger partial charge in [0.15, 0.2) is 0 Å². The van der Waals surface area contributed by atoms with Gasteiger partial charge in [0, 0.05) is 0 Å². The largest absolute Gasteiger partial charge is 0.465 e. The van der Waals surface area contributed by atoms with Crippen molar-refractivity contribution in [3.05, 3.63) is 65.7 Å². The molecule has 0 radical (unpaired) electrons. The van der Waals surface area contributed by atoms with Crippen molar-refractivity contribution >= 4 is 50.2 Å². The summed E-state index contributed by atoms with van der Waals surface area (Å²) in [5.74, 6) is -0.638. The Kier molecular flexibility index (Phi) is 6.80. The quantitative estimate of drug-likeness (QED) is 0.196. The first-order valence-corrected chi connectivity index (χ1v) is 10.8. The van der Waals surface area contributed by atoms with Crippen LogP contribution in [0.1, 0.15) is 15.9 Å². The molecule has 3 aromatic carbocycles. The number of methoxy groups -OCH3 is 1. The molecule has 0 aliphatic heterocycles. The molecular formula is C21H20N6O5S. The van der Waals surface area contributed by atoms with Crippen molar-refractivity contribution in [2.75, 3.05) is 18.6 Å². The topological polar surface area (TPSA) is 182 Å². The number of ether oxygens (including phenoxy) is 1. The average Bonchev–Trinajstić information content (AvgIpc) is 2.78. The van der Waals surface area contributed by atoms with E-state index in [1.165, 1.54) is 19.2 Å². The van der Waals surface area contributed by atoms with Crippen molar-refractivity contribution in [3.8, 4) is 0 Å². The van der Waals surface area contributed by atoms with E-state index in [1.54, 1.807) is 24.3 Å². The molecule has 0 saturated heterocycles. The van der Waals surface area contributed by atoms with Crippen molar-refractivity contribution < 1.29 is 22.5 Å². The van der Waals surface area contributed by atoms with Crippen LogP contribution in [0.2, 0.25) is 0 Å². The Bertz CT molecular complexity index is 1390. The average molecular weight is 468 g/mol. The van der Waals surface area contributed by atoms with Gasteiger partial charge in [0.05, 0.1) is 29.7 Å². The van der Waals surface area contributed by atoms with Gasteiger partial charge in [-0.05, 0) is 36.8 Å². The predicted octanol–water partition coefficient (Wildman–Crippen LogP) is 5.02. The summed E-state index contributed by atoms with van der Waals surface area (Å²) in [4.78, 5) is 11.3. The molecule has 0 aliphatic carbocycles. The number of nitrogens with two attached hydrogens (primary N) is 2. The molecule has 11 nitrogen and oxygen atoms in total. The van der Waals surface area contributed by atoms with Crippen molar-refractivity contribution in [2.45, 2.75) is 11.8 Å². The number of hydrogen-bond acceptors (Lipinski definition) is 10. The number of carbonyl (C=O) groups is 1. The summed E-state index contributed by atoms with van der Waals surface area (Å²) in [6.07, 6.45) is 0. The number of nitrogen functional groups attached to an aromatic ring is 2. The van der Waals surface area contributed by atoms with E-state index in [1.807, 2.05) is 19.1 Å². The number of azo groups is 2. The molecule has 0 bridgehead atoms. The zero-order chi connectivity index (χ0) is 24.2. The highest BCUT2D eigenvalue weighted by Gasteiger charge is 2.22. The number of nitrogens with zero attached hydrogens (tertiary/aromatic N) is 4. The number of carbonyl (C=O) groups excluding carboxylic acids is 1. The standard InChI is InChI=1S/C21H20N6O5S/c1-12-7-3-5-9-14(12)24-27-20-18(22)16(11-17(19(20)23)33(29,30)31)26-25-15-10-6-4-8-13(15)21(28)32-2/h3-11H,22-23H2,1-2H3,(H,29,30,31). The summed E-state index contributed by atoms with van der Waals surface area (Å²) in [6.45, 7) is 1.81. The Morgan fingerprint density at radius 2 is 1.45 bits per heavy atom. The molecule has 33 heavy (non-hydrogen) atoms. The number of hydrogen-bond donors (Lipinski definition) is 3. The maximum atomic E-state index is 11.9. The molecule has 3 aromatic rings. The minimum absolute atomic E-state index is 0.128. The van der Waals surface area contributed by atoms with Crippen LogP contribution in [0.3, 0.4) is 0 Å².